The van der Waals surface area contributed by atoms with Crippen LogP contribution in [0, 0.1) is 11.6 Å². The highest BCUT2D eigenvalue weighted by Gasteiger charge is 2.33. The summed E-state index contributed by atoms with van der Waals surface area (Å²) in [7, 11) is -3.48. The summed E-state index contributed by atoms with van der Waals surface area (Å²) in [6, 6.07) is 4.02. The number of rotatable bonds is 5. The molecule has 2 aromatic heterocycles. The van der Waals surface area contributed by atoms with Crippen LogP contribution in [0.5, 0.6) is 5.88 Å². The third-order valence-electron chi connectivity index (χ3n) is 3.21. The molecule has 0 amide bonds. The Morgan fingerprint density at radius 2 is 1.92 bits per heavy atom. The number of para-hydroxylation sites is 1. The Morgan fingerprint density at radius 3 is 2.52 bits per heavy atom. The van der Waals surface area contributed by atoms with E-state index in [1.165, 1.54) is 19.4 Å². The average molecular weight is 373 g/mol. The van der Waals surface area contributed by atoms with Crippen LogP contribution in [0.2, 0.25) is 0 Å². The van der Waals surface area contributed by atoms with Crippen LogP contribution in [0.15, 0.2) is 35.6 Å². The van der Waals surface area contributed by atoms with Gasteiger partial charge in [0.15, 0.2) is 18.4 Å². The average Bonchev–Trinajstić information content (AvgIpc) is 3.03. The lowest BCUT2D eigenvalue weighted by molar-refractivity contribution is 0.383. The van der Waals surface area contributed by atoms with Gasteiger partial charge in [-0.05, 0) is 12.1 Å². The van der Waals surface area contributed by atoms with E-state index < -0.39 is 39.3 Å². The van der Waals surface area contributed by atoms with E-state index in [9.17, 15) is 21.6 Å². The van der Waals surface area contributed by atoms with Crippen LogP contribution < -0.4 is 9.04 Å². The van der Waals surface area contributed by atoms with Crippen molar-refractivity contribution in [3.8, 4) is 5.88 Å². The number of aromatic nitrogens is 4. The molecular formula is C13H10F3N5O3S. The minimum atomic E-state index is -4.80. The molecule has 2 heterocycles. The molecule has 0 atom stereocenters. The number of hydrogen-bond donors (Lipinski definition) is 0. The molecule has 0 aliphatic carbocycles. The summed E-state index contributed by atoms with van der Waals surface area (Å²) < 4.78 is 72.1. The Balaban J connectivity index is 2.18. The first kappa shape index (κ1) is 17.0. The van der Waals surface area contributed by atoms with Crippen molar-refractivity contribution in [2.75, 3.05) is 18.2 Å². The quantitative estimate of drug-likeness (QED) is 0.630. The molecule has 1 aromatic carbocycles. The molecule has 8 nitrogen and oxygen atoms in total. The molecule has 25 heavy (non-hydrogen) atoms. The fraction of sp³-hybridized carbons (Fsp3) is 0.154. The van der Waals surface area contributed by atoms with Crippen LogP contribution in [0.4, 0.5) is 18.9 Å². The molecule has 0 bridgehead atoms. The van der Waals surface area contributed by atoms with E-state index in [2.05, 4.69) is 15.1 Å². The predicted molar refractivity (Wildman–Crippen MR) is 79.3 cm³/mol. The van der Waals surface area contributed by atoms with E-state index in [-0.39, 0.29) is 16.0 Å². The number of benzene rings is 1. The van der Waals surface area contributed by atoms with E-state index in [0.717, 1.165) is 22.7 Å². The first-order chi connectivity index (χ1) is 11.9. The molecule has 0 spiro atoms. The van der Waals surface area contributed by atoms with E-state index in [4.69, 9.17) is 4.74 Å². The predicted octanol–water partition coefficient (Wildman–Crippen LogP) is 1.53. The first-order valence-electron chi connectivity index (χ1n) is 6.68. The van der Waals surface area contributed by atoms with Crippen LogP contribution in [0.1, 0.15) is 0 Å². The number of alkyl halides is 1. The van der Waals surface area contributed by atoms with Gasteiger partial charge in [-0.15, -0.1) is 5.10 Å². The van der Waals surface area contributed by atoms with Gasteiger partial charge in [0, 0.05) is 12.3 Å². The highest BCUT2D eigenvalue weighted by molar-refractivity contribution is 7.92. The van der Waals surface area contributed by atoms with Gasteiger partial charge in [-0.25, -0.2) is 22.5 Å². The van der Waals surface area contributed by atoms with Gasteiger partial charge in [-0.2, -0.15) is 17.9 Å². The monoisotopic (exact) mass is 373 g/mol. The maximum atomic E-state index is 13.9. The van der Waals surface area contributed by atoms with Crippen molar-refractivity contribution in [1.29, 1.82) is 0 Å². The molecule has 3 aromatic rings. The number of ether oxygens (including phenoxy) is 1. The lowest BCUT2D eigenvalue weighted by atomic mass is 10.3. The number of nitrogens with zero attached hydrogens (tertiary/aromatic N) is 5. The first-order valence-corrected chi connectivity index (χ1v) is 8.12. The molecule has 0 saturated carbocycles. The fourth-order valence-corrected chi connectivity index (χ4v) is 3.21. The van der Waals surface area contributed by atoms with Crippen molar-refractivity contribution in [2.45, 2.75) is 5.16 Å². The highest BCUT2D eigenvalue weighted by atomic mass is 32.2. The van der Waals surface area contributed by atoms with Crippen LogP contribution in [0.3, 0.4) is 0 Å². The fourth-order valence-electron chi connectivity index (χ4n) is 2.09. The van der Waals surface area contributed by atoms with Crippen molar-refractivity contribution >= 4 is 21.5 Å². The zero-order valence-corrected chi connectivity index (χ0v) is 13.4. The Morgan fingerprint density at radius 1 is 1.24 bits per heavy atom. The zero-order chi connectivity index (χ0) is 18.2. The SMILES string of the molecule is COc1ccnc2nc(S(=O)(=O)N(CF)c3c(F)cccc3F)nn12. The lowest BCUT2D eigenvalue weighted by Gasteiger charge is -2.19. The van der Waals surface area contributed by atoms with Crippen LogP contribution in [0.25, 0.3) is 5.78 Å². The molecule has 0 N–H and O–H groups in total. The van der Waals surface area contributed by atoms with Gasteiger partial charge in [0.1, 0.15) is 5.69 Å². The van der Waals surface area contributed by atoms with E-state index >= 15 is 0 Å². The van der Waals surface area contributed by atoms with Gasteiger partial charge >= 0.3 is 10.0 Å². The largest absolute Gasteiger partial charge is 0.481 e. The van der Waals surface area contributed by atoms with Gasteiger partial charge in [-0.3, -0.25) is 0 Å². The van der Waals surface area contributed by atoms with Crippen molar-refractivity contribution in [3.63, 3.8) is 0 Å². The van der Waals surface area contributed by atoms with E-state index in [0.29, 0.717) is 0 Å². The zero-order valence-electron chi connectivity index (χ0n) is 12.6. The van der Waals surface area contributed by atoms with Crippen molar-refractivity contribution in [2.24, 2.45) is 0 Å². The molecule has 0 aliphatic heterocycles. The van der Waals surface area contributed by atoms with Gasteiger partial charge in [0.2, 0.25) is 5.88 Å². The number of halogens is 3. The topological polar surface area (TPSA) is 89.7 Å². The van der Waals surface area contributed by atoms with Gasteiger partial charge < -0.3 is 4.74 Å². The van der Waals surface area contributed by atoms with Crippen LogP contribution >= 0.6 is 0 Å². The molecule has 0 unspecified atom stereocenters. The van der Waals surface area contributed by atoms with E-state index in [1.807, 2.05) is 0 Å². The van der Waals surface area contributed by atoms with E-state index in [1.54, 1.807) is 0 Å². The summed E-state index contributed by atoms with van der Waals surface area (Å²) in [4.78, 5) is 7.47. The van der Waals surface area contributed by atoms with Crippen LogP contribution in [-0.4, -0.2) is 41.9 Å². The number of fused-ring (bicyclic) bond motifs is 1. The summed E-state index contributed by atoms with van der Waals surface area (Å²) in [5, 5.41) is 2.80. The van der Waals surface area contributed by atoms with Gasteiger partial charge in [0.25, 0.3) is 10.9 Å². The molecule has 12 heteroatoms. The Kier molecular flexibility index (Phi) is 4.20. The van der Waals surface area contributed by atoms with Crippen LogP contribution in [-0.2, 0) is 10.0 Å². The molecule has 0 saturated heterocycles. The maximum Gasteiger partial charge on any atom is 0.304 e. The summed E-state index contributed by atoms with van der Waals surface area (Å²) in [6.45, 7) is -1.72. The third kappa shape index (κ3) is 2.73. The van der Waals surface area contributed by atoms with Crippen molar-refractivity contribution < 1.29 is 26.3 Å². The summed E-state index contributed by atoms with van der Waals surface area (Å²) in [6.07, 6.45) is 1.29. The maximum absolute atomic E-state index is 13.9. The molecular weight excluding hydrogens is 363 g/mol. The molecule has 0 radical (unpaired) electrons. The second kappa shape index (κ2) is 6.20. The summed E-state index contributed by atoms with van der Waals surface area (Å²) >= 11 is 0. The van der Waals surface area contributed by atoms with Crippen molar-refractivity contribution in [3.05, 3.63) is 42.1 Å². The Hall–Kier alpha value is -2.89. The third-order valence-corrected chi connectivity index (χ3v) is 4.71. The number of sulfonamides is 1. The smallest absolute Gasteiger partial charge is 0.304 e. The molecule has 0 aliphatic rings. The molecule has 3 rings (SSSR count). The highest BCUT2D eigenvalue weighted by Crippen LogP contribution is 2.28. The number of anilines is 1. The lowest BCUT2D eigenvalue weighted by Crippen LogP contribution is -2.32. The van der Waals surface area contributed by atoms with Gasteiger partial charge in [-0.1, -0.05) is 6.07 Å². The van der Waals surface area contributed by atoms with Gasteiger partial charge in [0.05, 0.1) is 7.11 Å². The minimum absolute atomic E-state index is 0.0983. The molecule has 132 valence electrons. The Bertz CT molecular complexity index is 1020. The molecule has 0 fully saturated rings. The second-order valence-corrected chi connectivity index (χ2v) is 6.39. The summed E-state index contributed by atoms with van der Waals surface area (Å²) in [5.74, 6) is -2.53. The number of hydrogen-bond acceptors (Lipinski definition) is 6. The normalized spacial score (nSPS) is 11.7. The minimum Gasteiger partial charge on any atom is -0.481 e. The second-order valence-electron chi connectivity index (χ2n) is 4.64. The Labute approximate surface area is 139 Å². The standard InChI is InChI=1S/C13H10F3N5O3S/c1-24-10-5-6-17-12-18-13(19-21(10)12)25(22,23)20(7-14)11-8(15)3-2-4-9(11)16/h2-6H,7H2,1H3. The summed E-state index contributed by atoms with van der Waals surface area (Å²) in [5.41, 5.74) is -1.07. The van der Waals surface area contributed by atoms with Crippen molar-refractivity contribution in [1.82, 2.24) is 19.6 Å². The number of methoxy groups -OCH3 is 1.